The Morgan fingerprint density at radius 3 is 2.48 bits per heavy atom. The lowest BCUT2D eigenvalue weighted by molar-refractivity contribution is -0.133. The van der Waals surface area contributed by atoms with E-state index < -0.39 is 0 Å². The molecule has 120 valence electrons. The summed E-state index contributed by atoms with van der Waals surface area (Å²) >= 11 is 5.72. The van der Waals surface area contributed by atoms with Crippen LogP contribution < -0.4 is 0 Å². The summed E-state index contributed by atoms with van der Waals surface area (Å²) in [7, 11) is 0. The van der Waals surface area contributed by atoms with Gasteiger partial charge in [0, 0.05) is 32.4 Å². The average molecular weight is 336 g/mol. The fourth-order valence-corrected chi connectivity index (χ4v) is 2.45. The van der Waals surface area contributed by atoms with Crippen LogP contribution in [0.5, 0.6) is 0 Å². The number of hydrogen-bond donors (Lipinski definition) is 0. The van der Waals surface area contributed by atoms with Gasteiger partial charge in [-0.15, -0.1) is 5.10 Å². The summed E-state index contributed by atoms with van der Waals surface area (Å²) in [5.74, 6) is -0.181. The van der Waals surface area contributed by atoms with Crippen molar-refractivity contribution >= 4 is 23.4 Å². The van der Waals surface area contributed by atoms with E-state index in [0.29, 0.717) is 36.9 Å². The first-order valence-electron chi connectivity index (χ1n) is 7.03. The molecule has 0 radical (unpaired) electrons. The molecule has 0 saturated carbocycles. The second-order valence-corrected chi connectivity index (χ2v) is 5.44. The van der Waals surface area contributed by atoms with Crippen molar-refractivity contribution in [2.24, 2.45) is 0 Å². The van der Waals surface area contributed by atoms with Gasteiger partial charge in [-0.2, -0.15) is 0 Å². The van der Waals surface area contributed by atoms with E-state index in [9.17, 15) is 9.59 Å². The summed E-state index contributed by atoms with van der Waals surface area (Å²) in [5.41, 5.74) is 0.489. The number of pyridine rings is 1. The Kier molecular flexibility index (Phi) is 4.47. The molecule has 1 aliphatic heterocycles. The Balaban J connectivity index is 1.54. The lowest BCUT2D eigenvalue weighted by Crippen LogP contribution is -2.51. The molecule has 1 saturated heterocycles. The van der Waals surface area contributed by atoms with Gasteiger partial charge in [-0.05, 0) is 22.6 Å². The van der Waals surface area contributed by atoms with Gasteiger partial charge in [0.15, 0.2) is 0 Å². The van der Waals surface area contributed by atoms with Crippen LogP contribution in [-0.4, -0.2) is 73.0 Å². The number of nitrogens with zero attached hydrogens (tertiary/aromatic N) is 7. The van der Waals surface area contributed by atoms with Crippen molar-refractivity contribution in [3.8, 4) is 0 Å². The minimum atomic E-state index is -0.109. The number of carbonyl (C=O) groups excluding carboxylic acids is 2. The highest BCUT2D eigenvalue weighted by atomic mass is 35.5. The smallest absolute Gasteiger partial charge is 0.255 e. The van der Waals surface area contributed by atoms with E-state index in [4.69, 9.17) is 11.6 Å². The van der Waals surface area contributed by atoms with E-state index in [-0.39, 0.29) is 18.4 Å². The van der Waals surface area contributed by atoms with Crippen LogP contribution in [0.4, 0.5) is 0 Å². The van der Waals surface area contributed by atoms with Gasteiger partial charge in [0.2, 0.25) is 5.91 Å². The maximum Gasteiger partial charge on any atom is 0.255 e. The third kappa shape index (κ3) is 3.62. The first-order valence-corrected chi connectivity index (χ1v) is 7.40. The van der Waals surface area contributed by atoms with E-state index in [2.05, 4.69) is 20.5 Å². The molecule has 2 amide bonds. The highest BCUT2D eigenvalue weighted by Gasteiger charge is 2.25. The molecule has 1 fully saturated rings. The summed E-state index contributed by atoms with van der Waals surface area (Å²) in [5, 5.41) is 11.0. The van der Waals surface area contributed by atoms with Gasteiger partial charge >= 0.3 is 0 Å². The van der Waals surface area contributed by atoms with E-state index in [1.165, 1.54) is 17.2 Å². The number of piperazine rings is 1. The second kappa shape index (κ2) is 6.69. The molecule has 0 bridgehead atoms. The summed E-state index contributed by atoms with van der Waals surface area (Å²) < 4.78 is 1.37. The van der Waals surface area contributed by atoms with Crippen LogP contribution in [0.15, 0.2) is 24.7 Å². The number of amides is 2. The lowest BCUT2D eigenvalue weighted by atomic mass is 10.2. The topological polar surface area (TPSA) is 97.1 Å². The quantitative estimate of drug-likeness (QED) is 0.715. The van der Waals surface area contributed by atoms with Crippen molar-refractivity contribution in [3.63, 3.8) is 0 Å². The van der Waals surface area contributed by atoms with Crippen LogP contribution in [0.1, 0.15) is 10.4 Å². The largest absolute Gasteiger partial charge is 0.338 e. The first kappa shape index (κ1) is 15.3. The molecule has 3 heterocycles. The van der Waals surface area contributed by atoms with Crippen LogP contribution in [0.3, 0.4) is 0 Å². The van der Waals surface area contributed by atoms with E-state index in [1.807, 2.05) is 0 Å². The lowest BCUT2D eigenvalue weighted by Gasteiger charge is -2.34. The summed E-state index contributed by atoms with van der Waals surface area (Å²) in [4.78, 5) is 31.8. The third-order valence-electron chi connectivity index (χ3n) is 3.58. The van der Waals surface area contributed by atoms with Crippen molar-refractivity contribution in [2.45, 2.75) is 6.54 Å². The maximum absolute atomic E-state index is 12.4. The van der Waals surface area contributed by atoms with Crippen molar-refractivity contribution in [1.29, 1.82) is 0 Å². The van der Waals surface area contributed by atoms with E-state index in [1.54, 1.807) is 21.9 Å². The van der Waals surface area contributed by atoms with Crippen LogP contribution in [-0.2, 0) is 11.3 Å². The summed E-state index contributed by atoms with van der Waals surface area (Å²) in [6, 6.07) is 3.23. The predicted octanol–water partition coefficient (Wildman–Crippen LogP) is -0.294. The van der Waals surface area contributed by atoms with Gasteiger partial charge in [-0.25, -0.2) is 9.67 Å². The summed E-state index contributed by atoms with van der Waals surface area (Å²) in [6.07, 6.45) is 2.85. The molecular weight excluding hydrogens is 322 g/mol. The minimum absolute atomic E-state index is 0.0717. The molecule has 0 unspecified atom stereocenters. The van der Waals surface area contributed by atoms with Gasteiger partial charge in [-0.1, -0.05) is 11.6 Å². The molecule has 0 atom stereocenters. The average Bonchev–Trinajstić information content (AvgIpc) is 3.08. The van der Waals surface area contributed by atoms with Crippen LogP contribution in [0.25, 0.3) is 0 Å². The molecule has 0 aromatic carbocycles. The third-order valence-corrected chi connectivity index (χ3v) is 3.81. The molecule has 23 heavy (non-hydrogen) atoms. The fourth-order valence-electron chi connectivity index (χ4n) is 2.34. The molecule has 2 aromatic heterocycles. The number of aromatic nitrogens is 5. The number of rotatable bonds is 3. The Morgan fingerprint density at radius 2 is 1.87 bits per heavy atom. The molecule has 9 nitrogen and oxygen atoms in total. The summed E-state index contributed by atoms with van der Waals surface area (Å²) in [6.45, 7) is 2.01. The monoisotopic (exact) mass is 335 g/mol. The molecular formula is C13H14ClN7O2. The van der Waals surface area contributed by atoms with Crippen molar-refractivity contribution in [1.82, 2.24) is 35.0 Å². The first-order chi connectivity index (χ1) is 11.1. The number of tetrazole rings is 1. The highest BCUT2D eigenvalue weighted by Crippen LogP contribution is 2.11. The fraction of sp³-hybridized carbons (Fsp3) is 0.385. The predicted molar refractivity (Wildman–Crippen MR) is 79.5 cm³/mol. The number of halogens is 1. The molecule has 0 aliphatic carbocycles. The Bertz CT molecular complexity index is 681. The van der Waals surface area contributed by atoms with Gasteiger partial charge in [0.05, 0.1) is 5.56 Å². The highest BCUT2D eigenvalue weighted by molar-refractivity contribution is 6.29. The van der Waals surface area contributed by atoms with Crippen LogP contribution in [0, 0.1) is 0 Å². The number of carbonyl (C=O) groups is 2. The van der Waals surface area contributed by atoms with Crippen LogP contribution in [0.2, 0.25) is 5.15 Å². The zero-order valence-electron chi connectivity index (χ0n) is 12.2. The van der Waals surface area contributed by atoms with Gasteiger partial charge in [0.25, 0.3) is 5.91 Å². The second-order valence-electron chi connectivity index (χ2n) is 5.05. The Morgan fingerprint density at radius 1 is 1.13 bits per heavy atom. The molecule has 1 aliphatic rings. The SMILES string of the molecule is O=C(Cn1cnnn1)N1CCN(C(=O)c2ccc(Cl)nc2)CC1. The normalized spacial score (nSPS) is 14.8. The van der Waals surface area contributed by atoms with Gasteiger partial charge in [0.1, 0.15) is 18.0 Å². The van der Waals surface area contributed by atoms with Crippen molar-refractivity contribution in [2.75, 3.05) is 26.2 Å². The Hall–Kier alpha value is -2.55. The minimum Gasteiger partial charge on any atom is -0.338 e. The zero-order valence-corrected chi connectivity index (χ0v) is 12.9. The molecule has 3 rings (SSSR count). The zero-order chi connectivity index (χ0) is 16.2. The van der Waals surface area contributed by atoms with Gasteiger partial charge in [-0.3, -0.25) is 9.59 Å². The maximum atomic E-state index is 12.4. The molecule has 0 spiro atoms. The Labute approximate surface area is 136 Å². The van der Waals surface area contributed by atoms with Crippen molar-refractivity contribution < 1.29 is 9.59 Å². The van der Waals surface area contributed by atoms with Crippen molar-refractivity contribution in [3.05, 3.63) is 35.4 Å². The van der Waals surface area contributed by atoms with E-state index >= 15 is 0 Å². The van der Waals surface area contributed by atoms with Gasteiger partial charge < -0.3 is 9.80 Å². The molecule has 2 aromatic rings. The van der Waals surface area contributed by atoms with Crippen LogP contribution >= 0.6 is 11.6 Å². The van der Waals surface area contributed by atoms with E-state index in [0.717, 1.165) is 0 Å². The number of hydrogen-bond acceptors (Lipinski definition) is 6. The standard InChI is InChI=1S/C13H14ClN7O2/c14-11-2-1-10(7-15-11)13(23)20-5-3-19(4-6-20)12(22)8-21-9-16-17-18-21/h1-2,7,9H,3-6,8H2. The molecule has 0 N–H and O–H groups in total. The molecule has 10 heteroatoms.